The van der Waals surface area contributed by atoms with Gasteiger partial charge in [-0.2, -0.15) is 13.2 Å². The van der Waals surface area contributed by atoms with Gasteiger partial charge in [-0.1, -0.05) is 16.8 Å². The molecule has 2 amide bonds. The predicted octanol–water partition coefficient (Wildman–Crippen LogP) is 3.63. The summed E-state index contributed by atoms with van der Waals surface area (Å²) in [6, 6.07) is 2.46. The van der Waals surface area contributed by atoms with Gasteiger partial charge >= 0.3 is 6.18 Å². The fourth-order valence-electron chi connectivity index (χ4n) is 2.95. The zero-order chi connectivity index (χ0) is 24.6. The standard InChI is InChI=1S/C19H14ClF3N8O2S/c1-8(27-17(33)14-13-15(26-7-25-14)31(2)30-29-13)18-24-6-12(34-18)16(32)28-9-3-4-11(20)10(5-9)19(21,22)23/h3-8H,1-2H3,(H,27,33)(H,28,32). The summed E-state index contributed by atoms with van der Waals surface area (Å²) in [4.78, 5) is 37.5. The lowest BCUT2D eigenvalue weighted by Crippen LogP contribution is -2.27. The maximum Gasteiger partial charge on any atom is 0.417 e. The Balaban J connectivity index is 1.46. The van der Waals surface area contributed by atoms with Crippen LogP contribution >= 0.6 is 22.9 Å². The number of fused-ring (bicyclic) bond motifs is 1. The molecule has 0 saturated carbocycles. The van der Waals surface area contributed by atoms with E-state index >= 15 is 0 Å². The summed E-state index contributed by atoms with van der Waals surface area (Å²) in [5.74, 6) is -1.20. The molecule has 0 spiro atoms. The van der Waals surface area contributed by atoms with E-state index in [2.05, 4.69) is 35.9 Å². The molecule has 3 aromatic heterocycles. The number of hydrogen-bond donors (Lipinski definition) is 2. The third-order valence-electron chi connectivity index (χ3n) is 4.60. The fourth-order valence-corrected chi connectivity index (χ4v) is 3.99. The second-order valence-corrected chi connectivity index (χ2v) is 8.48. The Labute approximate surface area is 198 Å². The summed E-state index contributed by atoms with van der Waals surface area (Å²) >= 11 is 6.58. The van der Waals surface area contributed by atoms with E-state index < -0.39 is 34.6 Å². The molecular formula is C19H14ClF3N8O2S. The highest BCUT2D eigenvalue weighted by Gasteiger charge is 2.33. The zero-order valence-corrected chi connectivity index (χ0v) is 19.0. The van der Waals surface area contributed by atoms with Gasteiger partial charge in [0.2, 0.25) is 0 Å². The lowest BCUT2D eigenvalue weighted by Gasteiger charge is -2.11. The van der Waals surface area contributed by atoms with E-state index in [1.54, 1.807) is 14.0 Å². The van der Waals surface area contributed by atoms with Crippen LogP contribution in [0, 0.1) is 0 Å². The van der Waals surface area contributed by atoms with Crippen LogP contribution in [0.15, 0.2) is 30.7 Å². The highest BCUT2D eigenvalue weighted by Crippen LogP contribution is 2.36. The molecule has 176 valence electrons. The van der Waals surface area contributed by atoms with Crippen LogP contribution < -0.4 is 10.6 Å². The van der Waals surface area contributed by atoms with Crippen molar-refractivity contribution in [1.82, 2.24) is 35.3 Å². The Morgan fingerprint density at radius 3 is 2.68 bits per heavy atom. The molecule has 0 saturated heterocycles. The number of hydrogen-bond acceptors (Lipinski definition) is 8. The van der Waals surface area contributed by atoms with Crippen molar-refractivity contribution in [2.75, 3.05) is 5.32 Å². The Bertz CT molecular complexity index is 1400. The summed E-state index contributed by atoms with van der Waals surface area (Å²) in [5, 5.41) is 12.7. The summed E-state index contributed by atoms with van der Waals surface area (Å²) in [6.07, 6.45) is -2.17. The first kappa shape index (κ1) is 23.5. The van der Waals surface area contributed by atoms with Crippen LogP contribution in [0.2, 0.25) is 5.02 Å². The maximum absolute atomic E-state index is 13.0. The molecule has 0 aliphatic rings. The Morgan fingerprint density at radius 2 is 1.94 bits per heavy atom. The van der Waals surface area contributed by atoms with Crippen LogP contribution in [0.5, 0.6) is 0 Å². The quantitative estimate of drug-likeness (QED) is 0.419. The van der Waals surface area contributed by atoms with Crippen LogP contribution in [0.4, 0.5) is 18.9 Å². The van der Waals surface area contributed by atoms with Crippen molar-refractivity contribution in [2.45, 2.75) is 19.1 Å². The third-order valence-corrected chi connectivity index (χ3v) is 6.11. The number of anilines is 1. The smallest absolute Gasteiger partial charge is 0.342 e. The zero-order valence-electron chi connectivity index (χ0n) is 17.4. The number of amides is 2. The van der Waals surface area contributed by atoms with Crippen molar-refractivity contribution < 1.29 is 22.8 Å². The number of carbonyl (C=O) groups excluding carboxylic acids is 2. The van der Waals surface area contributed by atoms with Gasteiger partial charge in [-0.25, -0.2) is 19.6 Å². The first-order valence-electron chi connectivity index (χ1n) is 9.49. The lowest BCUT2D eigenvalue weighted by atomic mass is 10.2. The molecule has 15 heteroatoms. The summed E-state index contributed by atoms with van der Waals surface area (Å²) < 4.78 is 40.5. The average molecular weight is 511 g/mol. The minimum Gasteiger partial charge on any atom is -0.342 e. The fraction of sp³-hybridized carbons (Fsp3) is 0.211. The van der Waals surface area contributed by atoms with E-state index in [-0.39, 0.29) is 21.8 Å². The molecule has 0 aliphatic heterocycles. The van der Waals surface area contributed by atoms with Crippen molar-refractivity contribution in [3.8, 4) is 0 Å². The number of benzene rings is 1. The number of nitrogens with one attached hydrogen (secondary N) is 2. The first-order valence-corrected chi connectivity index (χ1v) is 10.7. The Hall–Kier alpha value is -3.65. The second-order valence-electron chi connectivity index (χ2n) is 7.01. The van der Waals surface area contributed by atoms with Crippen molar-refractivity contribution in [3.63, 3.8) is 0 Å². The number of alkyl halides is 3. The highest BCUT2D eigenvalue weighted by atomic mass is 35.5. The van der Waals surface area contributed by atoms with Gasteiger partial charge in [-0.3, -0.25) is 9.59 Å². The van der Waals surface area contributed by atoms with E-state index in [0.29, 0.717) is 10.7 Å². The largest absolute Gasteiger partial charge is 0.417 e. The average Bonchev–Trinajstić information content (AvgIpc) is 3.42. The molecule has 10 nitrogen and oxygen atoms in total. The number of aryl methyl sites for hydroxylation is 1. The number of nitrogens with zero attached hydrogens (tertiary/aromatic N) is 6. The van der Waals surface area contributed by atoms with E-state index in [0.717, 1.165) is 23.5 Å². The molecule has 3 heterocycles. The van der Waals surface area contributed by atoms with Gasteiger partial charge in [-0.15, -0.1) is 16.4 Å². The number of aromatic nitrogens is 6. The van der Waals surface area contributed by atoms with Crippen LogP contribution in [-0.2, 0) is 13.2 Å². The number of thiazole rings is 1. The lowest BCUT2D eigenvalue weighted by molar-refractivity contribution is -0.137. The van der Waals surface area contributed by atoms with E-state index in [1.165, 1.54) is 23.3 Å². The van der Waals surface area contributed by atoms with Crippen LogP contribution in [0.1, 0.15) is 43.7 Å². The summed E-state index contributed by atoms with van der Waals surface area (Å²) in [6.45, 7) is 1.66. The molecule has 1 unspecified atom stereocenters. The number of rotatable bonds is 5. The van der Waals surface area contributed by atoms with Gasteiger partial charge < -0.3 is 10.6 Å². The molecule has 1 aromatic carbocycles. The Kier molecular flexibility index (Phi) is 6.18. The van der Waals surface area contributed by atoms with Crippen molar-refractivity contribution in [3.05, 3.63) is 56.9 Å². The predicted molar refractivity (Wildman–Crippen MR) is 117 cm³/mol. The maximum atomic E-state index is 13.0. The second kappa shape index (κ2) is 8.95. The molecule has 4 rings (SSSR count). The summed E-state index contributed by atoms with van der Waals surface area (Å²) in [7, 11) is 1.63. The molecule has 0 radical (unpaired) electrons. The molecular weight excluding hydrogens is 497 g/mol. The summed E-state index contributed by atoms with van der Waals surface area (Å²) in [5.41, 5.74) is -0.486. The van der Waals surface area contributed by atoms with E-state index in [4.69, 9.17) is 11.6 Å². The number of carbonyl (C=O) groups is 2. The number of halogens is 4. The van der Waals surface area contributed by atoms with Gasteiger partial charge in [0, 0.05) is 12.7 Å². The molecule has 0 fully saturated rings. The minimum atomic E-state index is -4.66. The highest BCUT2D eigenvalue weighted by molar-refractivity contribution is 7.13. The molecule has 0 bridgehead atoms. The normalized spacial score (nSPS) is 12.5. The first-order chi connectivity index (χ1) is 16.0. The van der Waals surface area contributed by atoms with Gasteiger partial charge in [0.25, 0.3) is 11.8 Å². The van der Waals surface area contributed by atoms with Crippen LogP contribution in [0.3, 0.4) is 0 Å². The monoisotopic (exact) mass is 510 g/mol. The van der Waals surface area contributed by atoms with Gasteiger partial charge in [0.15, 0.2) is 16.9 Å². The molecule has 1 atom stereocenters. The minimum absolute atomic E-state index is 0.0303. The van der Waals surface area contributed by atoms with E-state index in [1.807, 2.05) is 0 Å². The SMILES string of the molecule is CC(NC(=O)c1ncnc2c1nnn2C)c1ncc(C(=O)Nc2ccc(Cl)c(C(F)(F)F)c2)s1. The van der Waals surface area contributed by atoms with Crippen LogP contribution in [0.25, 0.3) is 11.2 Å². The molecule has 4 aromatic rings. The third kappa shape index (κ3) is 4.68. The van der Waals surface area contributed by atoms with Gasteiger partial charge in [0.1, 0.15) is 16.2 Å². The van der Waals surface area contributed by atoms with Crippen molar-refractivity contribution >= 4 is 51.6 Å². The van der Waals surface area contributed by atoms with E-state index in [9.17, 15) is 22.8 Å². The van der Waals surface area contributed by atoms with Crippen molar-refractivity contribution in [2.24, 2.45) is 7.05 Å². The molecule has 34 heavy (non-hydrogen) atoms. The molecule has 2 N–H and O–H groups in total. The van der Waals surface area contributed by atoms with Gasteiger partial charge in [0.05, 0.1) is 22.8 Å². The molecule has 0 aliphatic carbocycles. The van der Waals surface area contributed by atoms with Crippen LogP contribution in [-0.4, -0.2) is 41.8 Å². The Morgan fingerprint density at radius 1 is 1.18 bits per heavy atom. The van der Waals surface area contributed by atoms with Gasteiger partial charge in [-0.05, 0) is 25.1 Å². The van der Waals surface area contributed by atoms with Crippen molar-refractivity contribution in [1.29, 1.82) is 0 Å². The topological polar surface area (TPSA) is 128 Å².